The predicted molar refractivity (Wildman–Crippen MR) is 86.0 cm³/mol. The quantitative estimate of drug-likeness (QED) is 0.905. The van der Waals surface area contributed by atoms with Crippen LogP contribution in [0.15, 0.2) is 29.1 Å². The van der Waals surface area contributed by atoms with Crippen molar-refractivity contribution >= 4 is 22.8 Å². The van der Waals surface area contributed by atoms with E-state index < -0.39 is 0 Å². The van der Waals surface area contributed by atoms with E-state index in [0.29, 0.717) is 16.9 Å². The average Bonchev–Trinajstić information content (AvgIpc) is 2.54. The number of H-pyrrole nitrogens is 1. The summed E-state index contributed by atoms with van der Waals surface area (Å²) in [4.78, 5) is 35.2. The van der Waals surface area contributed by atoms with Crippen LogP contribution in [0.3, 0.4) is 0 Å². The minimum Gasteiger partial charge on any atom is -0.349 e. The fourth-order valence-corrected chi connectivity index (χ4v) is 2.93. The third kappa shape index (κ3) is 2.68. The van der Waals surface area contributed by atoms with Gasteiger partial charge in [0.2, 0.25) is 11.9 Å². The van der Waals surface area contributed by atoms with Crippen LogP contribution in [0.25, 0.3) is 10.9 Å². The Bertz CT molecular complexity index is 745. The first-order chi connectivity index (χ1) is 10.6. The van der Waals surface area contributed by atoms with Crippen molar-refractivity contribution in [3.63, 3.8) is 0 Å². The first kappa shape index (κ1) is 14.6. The maximum Gasteiger partial charge on any atom is 0.260 e. The number of aromatic nitrogens is 2. The number of hydrogen-bond donors (Lipinski definition) is 1. The fraction of sp³-hybridized carbons (Fsp3) is 0.438. The molecule has 6 nitrogen and oxygen atoms in total. The zero-order chi connectivity index (χ0) is 15.7. The zero-order valence-electron chi connectivity index (χ0n) is 12.9. The van der Waals surface area contributed by atoms with E-state index in [0.717, 1.165) is 25.9 Å². The van der Waals surface area contributed by atoms with Gasteiger partial charge in [-0.05, 0) is 25.0 Å². The number of benzene rings is 1. The van der Waals surface area contributed by atoms with Crippen LogP contribution in [0, 0.1) is 5.92 Å². The molecule has 1 fully saturated rings. The molecule has 2 heterocycles. The lowest BCUT2D eigenvalue weighted by molar-refractivity contribution is -0.133. The van der Waals surface area contributed by atoms with E-state index in [4.69, 9.17) is 0 Å². The number of para-hydroxylation sites is 1. The van der Waals surface area contributed by atoms with Crippen LogP contribution in [0.5, 0.6) is 0 Å². The molecular weight excluding hydrogens is 280 g/mol. The molecule has 0 saturated carbocycles. The molecule has 1 aromatic heterocycles. The number of nitrogens with one attached hydrogen (secondary N) is 1. The number of rotatable bonds is 2. The molecular formula is C16H20N4O2. The smallest absolute Gasteiger partial charge is 0.260 e. The molecule has 6 heteroatoms. The Labute approximate surface area is 128 Å². The van der Waals surface area contributed by atoms with E-state index in [2.05, 4.69) is 9.97 Å². The molecule has 0 aliphatic carbocycles. The van der Waals surface area contributed by atoms with Gasteiger partial charge in [-0.15, -0.1) is 0 Å². The summed E-state index contributed by atoms with van der Waals surface area (Å²) in [6.07, 6.45) is 1.57. The van der Waals surface area contributed by atoms with Gasteiger partial charge in [-0.25, -0.2) is 4.98 Å². The molecule has 22 heavy (non-hydrogen) atoms. The maximum absolute atomic E-state index is 12.1. The van der Waals surface area contributed by atoms with Gasteiger partial charge in [0, 0.05) is 33.1 Å². The van der Waals surface area contributed by atoms with Crippen LogP contribution in [-0.4, -0.2) is 48.0 Å². The summed E-state index contributed by atoms with van der Waals surface area (Å²) < 4.78 is 0. The molecule has 1 aromatic carbocycles. The highest BCUT2D eigenvalue weighted by Crippen LogP contribution is 2.22. The van der Waals surface area contributed by atoms with Crippen LogP contribution >= 0.6 is 0 Å². The van der Waals surface area contributed by atoms with E-state index in [9.17, 15) is 9.59 Å². The Morgan fingerprint density at radius 1 is 1.27 bits per heavy atom. The first-order valence-corrected chi connectivity index (χ1v) is 7.51. The number of carbonyl (C=O) groups is 1. The largest absolute Gasteiger partial charge is 0.349 e. The first-order valence-electron chi connectivity index (χ1n) is 7.51. The van der Waals surface area contributed by atoms with Crippen molar-refractivity contribution < 1.29 is 4.79 Å². The summed E-state index contributed by atoms with van der Waals surface area (Å²) in [5.41, 5.74) is 0.583. The number of fused-ring (bicyclic) bond motifs is 1. The predicted octanol–water partition coefficient (Wildman–Crippen LogP) is 1.23. The molecule has 0 bridgehead atoms. The van der Waals surface area contributed by atoms with E-state index in [1.807, 2.05) is 23.1 Å². The molecule has 3 rings (SSSR count). The lowest BCUT2D eigenvalue weighted by atomic mass is 9.96. The Balaban J connectivity index is 1.79. The minimum absolute atomic E-state index is 0.0680. The molecule has 0 unspecified atom stereocenters. The second-order valence-corrected chi connectivity index (χ2v) is 5.90. The van der Waals surface area contributed by atoms with Crippen molar-refractivity contribution in [2.24, 2.45) is 5.92 Å². The van der Waals surface area contributed by atoms with E-state index >= 15 is 0 Å². The lowest BCUT2D eigenvalue weighted by Gasteiger charge is -2.32. The summed E-state index contributed by atoms with van der Waals surface area (Å²) in [6, 6.07) is 7.32. The molecule has 1 N–H and O–H groups in total. The zero-order valence-corrected chi connectivity index (χ0v) is 12.9. The number of hydrogen-bond acceptors (Lipinski definition) is 4. The topological polar surface area (TPSA) is 69.3 Å². The maximum atomic E-state index is 12.1. The summed E-state index contributed by atoms with van der Waals surface area (Å²) >= 11 is 0. The number of carbonyl (C=O) groups excluding carboxylic acids is 1. The van der Waals surface area contributed by atoms with E-state index in [1.165, 1.54) is 0 Å². The number of amides is 1. The SMILES string of the molecule is CN(C)C(=O)C1CCN(c2nc3ccccc3c(=O)[nH]2)CC1. The number of nitrogens with zero attached hydrogens (tertiary/aromatic N) is 3. The van der Waals surface area contributed by atoms with Crippen LogP contribution in [0.2, 0.25) is 0 Å². The highest BCUT2D eigenvalue weighted by molar-refractivity contribution is 5.79. The van der Waals surface area contributed by atoms with Crippen molar-refractivity contribution in [1.82, 2.24) is 14.9 Å². The normalized spacial score (nSPS) is 16.0. The van der Waals surface area contributed by atoms with Crippen molar-refractivity contribution in [2.75, 3.05) is 32.1 Å². The Morgan fingerprint density at radius 2 is 1.95 bits per heavy atom. The molecule has 2 aromatic rings. The van der Waals surface area contributed by atoms with Crippen molar-refractivity contribution in [3.05, 3.63) is 34.6 Å². The van der Waals surface area contributed by atoms with Gasteiger partial charge in [0.1, 0.15) is 0 Å². The third-order valence-electron chi connectivity index (χ3n) is 4.18. The molecule has 116 valence electrons. The summed E-state index contributed by atoms with van der Waals surface area (Å²) in [7, 11) is 3.58. The fourth-order valence-electron chi connectivity index (χ4n) is 2.93. The van der Waals surface area contributed by atoms with Crippen LogP contribution in [-0.2, 0) is 4.79 Å². The van der Waals surface area contributed by atoms with Gasteiger partial charge in [0.25, 0.3) is 5.56 Å². The van der Waals surface area contributed by atoms with Gasteiger partial charge in [-0.1, -0.05) is 12.1 Å². The Hall–Kier alpha value is -2.37. The standard InChI is InChI=1S/C16H20N4O2/c1-19(2)15(22)11-7-9-20(10-8-11)16-17-13-6-4-3-5-12(13)14(21)18-16/h3-6,11H,7-10H2,1-2H3,(H,17,18,21). The summed E-state index contributed by atoms with van der Waals surface area (Å²) in [5, 5.41) is 0.601. The van der Waals surface area contributed by atoms with Gasteiger partial charge in [0.15, 0.2) is 0 Å². The number of aromatic amines is 1. The lowest BCUT2D eigenvalue weighted by Crippen LogP contribution is -2.41. The van der Waals surface area contributed by atoms with E-state index in [1.54, 1.807) is 25.1 Å². The van der Waals surface area contributed by atoms with Gasteiger partial charge < -0.3 is 9.80 Å². The molecule has 1 saturated heterocycles. The average molecular weight is 300 g/mol. The molecule has 0 spiro atoms. The van der Waals surface area contributed by atoms with Gasteiger partial charge in [-0.3, -0.25) is 14.6 Å². The number of anilines is 1. The monoisotopic (exact) mass is 300 g/mol. The van der Waals surface area contributed by atoms with Gasteiger partial charge in [0.05, 0.1) is 10.9 Å². The molecule has 1 aliphatic rings. The van der Waals surface area contributed by atoms with Crippen LogP contribution in [0.4, 0.5) is 5.95 Å². The van der Waals surface area contributed by atoms with Crippen molar-refractivity contribution in [1.29, 1.82) is 0 Å². The highest BCUT2D eigenvalue weighted by atomic mass is 16.2. The number of piperidine rings is 1. The Kier molecular flexibility index (Phi) is 3.83. The molecule has 0 atom stereocenters. The molecule has 1 amide bonds. The molecule has 0 radical (unpaired) electrons. The summed E-state index contributed by atoms with van der Waals surface area (Å²) in [6.45, 7) is 1.46. The third-order valence-corrected chi connectivity index (χ3v) is 4.18. The van der Waals surface area contributed by atoms with Crippen LogP contribution in [0.1, 0.15) is 12.8 Å². The van der Waals surface area contributed by atoms with E-state index in [-0.39, 0.29) is 17.4 Å². The second kappa shape index (κ2) is 5.79. The van der Waals surface area contributed by atoms with Crippen molar-refractivity contribution in [3.8, 4) is 0 Å². The van der Waals surface area contributed by atoms with Crippen molar-refractivity contribution in [2.45, 2.75) is 12.8 Å². The highest BCUT2D eigenvalue weighted by Gasteiger charge is 2.27. The van der Waals surface area contributed by atoms with Gasteiger partial charge in [-0.2, -0.15) is 0 Å². The van der Waals surface area contributed by atoms with Crippen LogP contribution < -0.4 is 10.5 Å². The Morgan fingerprint density at radius 3 is 2.64 bits per heavy atom. The second-order valence-electron chi connectivity index (χ2n) is 5.90. The summed E-state index contributed by atoms with van der Waals surface area (Å²) in [5.74, 6) is 0.845. The molecule has 1 aliphatic heterocycles. The minimum atomic E-state index is -0.118. The van der Waals surface area contributed by atoms with Gasteiger partial charge >= 0.3 is 0 Å².